The molecule has 0 spiro atoms. The lowest BCUT2D eigenvalue weighted by atomic mass is 9.78. The van der Waals surface area contributed by atoms with Gasteiger partial charge in [-0.25, -0.2) is 0 Å². The molecule has 0 aromatic carbocycles. The van der Waals surface area contributed by atoms with E-state index in [0.29, 0.717) is 23.7 Å². The first-order chi connectivity index (χ1) is 5.27. The Hall–Kier alpha value is -0.0200. The number of ketones is 1. The number of fused-ring (bicyclic) bond motifs is 2. The molecule has 0 aromatic heterocycles. The Morgan fingerprint density at radius 3 is 2.36 bits per heavy atom. The van der Waals surface area contributed by atoms with E-state index in [9.17, 15) is 4.79 Å². The molecule has 2 atom stereocenters. The minimum Gasteiger partial charge on any atom is -0.327 e. The highest BCUT2D eigenvalue weighted by Gasteiger charge is 2.37. The molecule has 1 saturated heterocycles. The Labute approximate surface area is 70.9 Å². The predicted octanol–water partition coefficient (Wildman–Crippen LogP) is 0.656. The van der Waals surface area contributed by atoms with Crippen molar-refractivity contribution in [1.82, 2.24) is 0 Å². The summed E-state index contributed by atoms with van der Waals surface area (Å²) in [5.41, 5.74) is 5.98. The van der Waals surface area contributed by atoms with Gasteiger partial charge in [0.05, 0.1) is 0 Å². The van der Waals surface area contributed by atoms with Gasteiger partial charge in [0.2, 0.25) is 0 Å². The summed E-state index contributed by atoms with van der Waals surface area (Å²) >= 11 is 1.96. The molecule has 2 N–H and O–H groups in total. The van der Waals surface area contributed by atoms with E-state index in [1.165, 1.54) is 0 Å². The Morgan fingerprint density at radius 2 is 1.82 bits per heavy atom. The first-order valence-corrected chi connectivity index (χ1v) is 5.28. The quantitative estimate of drug-likeness (QED) is 0.582. The summed E-state index contributed by atoms with van der Waals surface area (Å²) in [6.45, 7) is 0. The maximum atomic E-state index is 11.2. The molecule has 0 amide bonds. The number of hydrogen-bond donors (Lipinski definition) is 1. The van der Waals surface area contributed by atoms with Crippen LogP contribution in [0.2, 0.25) is 0 Å². The molecular weight excluding hydrogens is 158 g/mol. The average molecular weight is 171 g/mol. The third-order valence-electron chi connectivity index (χ3n) is 2.73. The third-order valence-corrected chi connectivity index (χ3v) is 4.06. The zero-order valence-corrected chi connectivity index (χ0v) is 7.27. The number of carbonyl (C=O) groups is 1. The van der Waals surface area contributed by atoms with Crippen LogP contribution in [0.4, 0.5) is 0 Å². The molecule has 2 rings (SSSR count). The van der Waals surface area contributed by atoms with Crippen molar-refractivity contribution in [3.05, 3.63) is 0 Å². The molecule has 1 aliphatic carbocycles. The molecule has 0 aromatic rings. The van der Waals surface area contributed by atoms with Gasteiger partial charge in [-0.15, -0.1) is 0 Å². The van der Waals surface area contributed by atoms with Gasteiger partial charge in [-0.2, -0.15) is 11.8 Å². The van der Waals surface area contributed by atoms with Gasteiger partial charge in [-0.3, -0.25) is 4.79 Å². The van der Waals surface area contributed by atoms with Crippen molar-refractivity contribution < 1.29 is 4.79 Å². The van der Waals surface area contributed by atoms with Crippen molar-refractivity contribution in [3.63, 3.8) is 0 Å². The molecular formula is C8H13NOS. The van der Waals surface area contributed by atoms with Crippen molar-refractivity contribution in [2.75, 3.05) is 11.5 Å². The summed E-state index contributed by atoms with van der Waals surface area (Å²) in [5, 5.41) is 0. The molecule has 2 fully saturated rings. The standard InChI is InChI=1S/C8H13NOS/c9-8-5-1-7(10)2-6(8)4-11-3-5/h5-6,8H,1-4,9H2. The molecule has 11 heavy (non-hydrogen) atoms. The maximum absolute atomic E-state index is 11.2. The van der Waals surface area contributed by atoms with Crippen molar-refractivity contribution in [2.45, 2.75) is 18.9 Å². The summed E-state index contributed by atoms with van der Waals surface area (Å²) in [5.74, 6) is 3.61. The Balaban J connectivity index is 2.12. The lowest BCUT2D eigenvalue weighted by Gasteiger charge is -2.38. The zero-order chi connectivity index (χ0) is 7.84. The van der Waals surface area contributed by atoms with E-state index in [1.54, 1.807) is 0 Å². The fourth-order valence-corrected chi connectivity index (χ4v) is 3.46. The normalized spacial score (nSPS) is 44.1. The maximum Gasteiger partial charge on any atom is 0.133 e. The zero-order valence-electron chi connectivity index (χ0n) is 6.45. The van der Waals surface area contributed by atoms with E-state index < -0.39 is 0 Å². The average Bonchev–Trinajstić information content (AvgIpc) is 1.92. The summed E-state index contributed by atoms with van der Waals surface area (Å²) in [6, 6.07) is 0.314. The minimum atomic E-state index is 0.314. The number of rotatable bonds is 0. The number of Topliss-reactive ketones (excluding diaryl/α,β-unsaturated/α-hetero) is 1. The van der Waals surface area contributed by atoms with Gasteiger partial charge in [-0.1, -0.05) is 0 Å². The molecule has 2 nitrogen and oxygen atoms in total. The van der Waals surface area contributed by atoms with E-state index in [0.717, 1.165) is 24.3 Å². The van der Waals surface area contributed by atoms with Crippen molar-refractivity contribution in [1.29, 1.82) is 0 Å². The number of carbonyl (C=O) groups excluding carboxylic acids is 1. The first-order valence-electron chi connectivity index (χ1n) is 4.12. The lowest BCUT2D eigenvalue weighted by molar-refractivity contribution is -0.123. The van der Waals surface area contributed by atoms with Crippen molar-refractivity contribution in [3.8, 4) is 0 Å². The highest BCUT2D eigenvalue weighted by atomic mass is 32.2. The van der Waals surface area contributed by atoms with Gasteiger partial charge in [-0.05, 0) is 23.3 Å². The molecule has 2 unspecified atom stereocenters. The van der Waals surface area contributed by atoms with Crippen molar-refractivity contribution >= 4 is 17.5 Å². The second-order valence-corrected chi connectivity index (χ2v) is 4.66. The number of hydrogen-bond acceptors (Lipinski definition) is 3. The second kappa shape index (κ2) is 2.79. The van der Waals surface area contributed by atoms with Crippen LogP contribution in [0.15, 0.2) is 0 Å². The van der Waals surface area contributed by atoms with Crippen LogP contribution >= 0.6 is 11.8 Å². The monoisotopic (exact) mass is 171 g/mol. The van der Waals surface area contributed by atoms with Crippen LogP contribution in [0.25, 0.3) is 0 Å². The fraction of sp³-hybridized carbons (Fsp3) is 0.875. The van der Waals surface area contributed by atoms with E-state index in [4.69, 9.17) is 5.73 Å². The molecule has 2 aliphatic rings. The Bertz CT molecular complexity index is 167. The molecule has 2 bridgehead atoms. The molecule has 1 saturated carbocycles. The lowest BCUT2D eigenvalue weighted by Crippen LogP contribution is -2.48. The van der Waals surface area contributed by atoms with Crippen LogP contribution in [-0.2, 0) is 4.79 Å². The van der Waals surface area contributed by atoms with Gasteiger partial charge in [0.1, 0.15) is 5.78 Å². The number of thioether (sulfide) groups is 1. The van der Waals surface area contributed by atoms with Gasteiger partial charge in [0.25, 0.3) is 0 Å². The minimum absolute atomic E-state index is 0.314. The SMILES string of the molecule is NC1C2CSCC1CC(=O)C2. The molecule has 1 aliphatic heterocycles. The number of nitrogens with two attached hydrogens (primary N) is 1. The summed E-state index contributed by atoms with van der Waals surface area (Å²) in [7, 11) is 0. The van der Waals surface area contributed by atoms with Gasteiger partial charge in [0, 0.05) is 18.9 Å². The van der Waals surface area contributed by atoms with Crippen LogP contribution in [0.5, 0.6) is 0 Å². The summed E-state index contributed by atoms with van der Waals surface area (Å²) in [6.07, 6.45) is 1.48. The van der Waals surface area contributed by atoms with Crippen LogP contribution in [0.3, 0.4) is 0 Å². The molecule has 62 valence electrons. The second-order valence-electron chi connectivity index (χ2n) is 3.58. The molecule has 1 heterocycles. The fourth-order valence-electron chi connectivity index (χ4n) is 2.04. The molecule has 3 heteroatoms. The van der Waals surface area contributed by atoms with Crippen LogP contribution < -0.4 is 5.73 Å². The van der Waals surface area contributed by atoms with Gasteiger partial charge < -0.3 is 5.73 Å². The summed E-state index contributed by atoms with van der Waals surface area (Å²) < 4.78 is 0. The predicted molar refractivity (Wildman–Crippen MR) is 46.5 cm³/mol. The Kier molecular flexibility index (Phi) is 1.93. The van der Waals surface area contributed by atoms with E-state index in [-0.39, 0.29) is 0 Å². The van der Waals surface area contributed by atoms with Crippen molar-refractivity contribution in [2.24, 2.45) is 17.6 Å². The first kappa shape index (κ1) is 7.62. The highest BCUT2D eigenvalue weighted by Crippen LogP contribution is 2.35. The van der Waals surface area contributed by atoms with E-state index in [1.807, 2.05) is 11.8 Å². The topological polar surface area (TPSA) is 43.1 Å². The highest BCUT2D eigenvalue weighted by molar-refractivity contribution is 7.99. The molecule has 0 radical (unpaired) electrons. The van der Waals surface area contributed by atoms with Gasteiger partial charge >= 0.3 is 0 Å². The largest absolute Gasteiger partial charge is 0.327 e. The summed E-state index contributed by atoms with van der Waals surface area (Å²) in [4.78, 5) is 11.2. The Morgan fingerprint density at radius 1 is 1.27 bits per heavy atom. The van der Waals surface area contributed by atoms with E-state index >= 15 is 0 Å². The van der Waals surface area contributed by atoms with Crippen LogP contribution in [0.1, 0.15) is 12.8 Å². The van der Waals surface area contributed by atoms with Gasteiger partial charge in [0.15, 0.2) is 0 Å². The van der Waals surface area contributed by atoms with Crippen LogP contribution in [-0.4, -0.2) is 23.3 Å². The smallest absolute Gasteiger partial charge is 0.133 e. The third kappa shape index (κ3) is 1.32. The van der Waals surface area contributed by atoms with E-state index in [2.05, 4.69) is 0 Å². The van der Waals surface area contributed by atoms with Crippen LogP contribution in [0, 0.1) is 11.8 Å².